The zero-order chi connectivity index (χ0) is 20.9. The van der Waals surface area contributed by atoms with Crippen LogP contribution in [0.3, 0.4) is 0 Å². The number of ether oxygens (including phenoxy) is 1. The van der Waals surface area contributed by atoms with Crippen molar-refractivity contribution in [3.05, 3.63) is 40.8 Å². The highest BCUT2D eigenvalue weighted by Crippen LogP contribution is 2.40. The number of aryl methyl sites for hydroxylation is 2. The summed E-state index contributed by atoms with van der Waals surface area (Å²) in [4.78, 5) is 14.9. The summed E-state index contributed by atoms with van der Waals surface area (Å²) in [7, 11) is -3.70. The number of benzene rings is 1. The van der Waals surface area contributed by atoms with E-state index in [0.717, 1.165) is 5.56 Å². The topological polar surface area (TPSA) is 93.0 Å². The van der Waals surface area contributed by atoms with E-state index in [4.69, 9.17) is 9.26 Å². The number of nitrogens with zero attached hydrogens (tertiary/aromatic N) is 3. The number of hydrogen-bond acceptors (Lipinski definition) is 6. The third kappa shape index (κ3) is 3.22. The van der Waals surface area contributed by atoms with Crippen molar-refractivity contribution in [2.45, 2.75) is 44.6 Å². The first-order valence-corrected chi connectivity index (χ1v) is 11.2. The molecule has 2 aromatic rings. The first-order chi connectivity index (χ1) is 13.7. The molecule has 1 saturated heterocycles. The minimum atomic E-state index is -3.70. The molecule has 0 spiro atoms. The molecule has 1 amide bonds. The second-order valence-electron chi connectivity index (χ2n) is 7.69. The largest absolute Gasteiger partial charge is 0.489 e. The van der Waals surface area contributed by atoms with Crippen LogP contribution in [0.1, 0.15) is 47.1 Å². The molecule has 0 bridgehead atoms. The van der Waals surface area contributed by atoms with Gasteiger partial charge >= 0.3 is 0 Å². The van der Waals surface area contributed by atoms with Crippen molar-refractivity contribution in [1.82, 2.24) is 14.4 Å². The summed E-state index contributed by atoms with van der Waals surface area (Å²) in [6.07, 6.45) is 0.0241. The fourth-order valence-corrected chi connectivity index (χ4v) is 5.74. The van der Waals surface area contributed by atoms with E-state index < -0.39 is 10.0 Å². The molecule has 2 aliphatic rings. The van der Waals surface area contributed by atoms with Crippen LogP contribution < -0.4 is 4.74 Å². The molecule has 0 saturated carbocycles. The number of carbonyl (C=O) groups is 1. The van der Waals surface area contributed by atoms with Crippen LogP contribution >= 0.6 is 0 Å². The predicted octanol–water partition coefficient (Wildman–Crippen LogP) is 2.32. The maximum atomic E-state index is 13.1. The van der Waals surface area contributed by atoms with E-state index in [2.05, 4.69) is 12.1 Å². The molecule has 0 N–H and O–H groups in total. The quantitative estimate of drug-likeness (QED) is 0.758. The molecule has 1 aromatic heterocycles. The van der Waals surface area contributed by atoms with Crippen LogP contribution in [0, 0.1) is 13.8 Å². The Balaban J connectivity index is 1.51. The van der Waals surface area contributed by atoms with Crippen molar-refractivity contribution in [3.63, 3.8) is 0 Å². The Morgan fingerprint density at radius 3 is 2.45 bits per heavy atom. The molecular formula is C20H25N3O5S. The highest BCUT2D eigenvalue weighted by Gasteiger charge is 2.36. The van der Waals surface area contributed by atoms with E-state index in [1.165, 1.54) is 4.31 Å². The van der Waals surface area contributed by atoms with Crippen LogP contribution in [0.4, 0.5) is 0 Å². The molecule has 4 rings (SSSR count). The Morgan fingerprint density at radius 1 is 1.14 bits per heavy atom. The number of piperazine rings is 1. The van der Waals surface area contributed by atoms with Crippen molar-refractivity contribution in [2.75, 3.05) is 26.2 Å². The lowest BCUT2D eigenvalue weighted by atomic mass is 9.96. The standard InChI is InChI=1S/C20H25N3O5S/c1-12-14(3)27-18-16(12)6-5-7-17(18)20(24)22-8-10-23(11-9-22)29(25,26)19-13(2)21-28-15(19)4/h5-7,12,14H,8-11H2,1-4H3. The van der Waals surface area contributed by atoms with E-state index >= 15 is 0 Å². The van der Waals surface area contributed by atoms with Crippen molar-refractivity contribution in [3.8, 4) is 5.75 Å². The van der Waals surface area contributed by atoms with Gasteiger partial charge in [-0.25, -0.2) is 8.42 Å². The first-order valence-electron chi connectivity index (χ1n) is 9.73. The van der Waals surface area contributed by atoms with Crippen LogP contribution in [0.15, 0.2) is 27.6 Å². The molecule has 1 aromatic carbocycles. The van der Waals surface area contributed by atoms with Gasteiger partial charge in [0.15, 0.2) is 5.76 Å². The van der Waals surface area contributed by atoms with Crippen molar-refractivity contribution in [1.29, 1.82) is 0 Å². The van der Waals surface area contributed by atoms with Gasteiger partial charge in [0.1, 0.15) is 22.4 Å². The molecule has 156 valence electrons. The fraction of sp³-hybridized carbons (Fsp3) is 0.500. The molecule has 2 aliphatic heterocycles. The third-order valence-electron chi connectivity index (χ3n) is 5.87. The molecule has 3 heterocycles. The number of amides is 1. The summed E-state index contributed by atoms with van der Waals surface area (Å²) < 4.78 is 38.3. The van der Waals surface area contributed by atoms with Crippen LogP contribution in [0.5, 0.6) is 5.75 Å². The summed E-state index contributed by atoms with van der Waals surface area (Å²) in [5.41, 5.74) is 1.94. The Labute approximate surface area is 170 Å². The van der Waals surface area contributed by atoms with Crippen molar-refractivity contribution < 1.29 is 22.5 Å². The summed E-state index contributed by atoms with van der Waals surface area (Å²) in [6.45, 7) is 8.36. The first kappa shape index (κ1) is 19.9. The molecule has 1 fully saturated rings. The molecule has 0 aliphatic carbocycles. The SMILES string of the molecule is Cc1noc(C)c1S(=O)(=O)N1CCN(C(=O)c2cccc3c2OC(C)C3C)CC1. The average molecular weight is 420 g/mol. The summed E-state index contributed by atoms with van der Waals surface area (Å²) in [5, 5.41) is 3.75. The maximum absolute atomic E-state index is 13.1. The molecule has 9 heteroatoms. The number of hydrogen-bond donors (Lipinski definition) is 0. The van der Waals surface area contributed by atoms with Gasteiger partial charge in [0, 0.05) is 37.7 Å². The maximum Gasteiger partial charge on any atom is 0.257 e. The van der Waals surface area contributed by atoms with Crippen molar-refractivity contribution >= 4 is 15.9 Å². The summed E-state index contributed by atoms with van der Waals surface area (Å²) >= 11 is 0. The monoisotopic (exact) mass is 419 g/mol. The molecule has 8 nitrogen and oxygen atoms in total. The van der Waals surface area contributed by atoms with E-state index in [1.54, 1.807) is 24.8 Å². The van der Waals surface area contributed by atoms with Crippen LogP contribution in [0.2, 0.25) is 0 Å². The van der Waals surface area contributed by atoms with Crippen molar-refractivity contribution in [2.24, 2.45) is 0 Å². The highest BCUT2D eigenvalue weighted by atomic mass is 32.2. The lowest BCUT2D eigenvalue weighted by Crippen LogP contribution is -2.50. The normalized spacial score (nSPS) is 22.4. The van der Waals surface area contributed by atoms with Gasteiger partial charge < -0.3 is 14.2 Å². The van der Waals surface area contributed by atoms with Gasteiger partial charge in [0.25, 0.3) is 5.91 Å². The second kappa shape index (κ2) is 7.14. The van der Waals surface area contributed by atoms with Gasteiger partial charge in [-0.15, -0.1) is 0 Å². The number of para-hydroxylation sites is 1. The van der Waals surface area contributed by atoms with E-state index in [1.807, 2.05) is 19.1 Å². The average Bonchev–Trinajstić information content (AvgIpc) is 3.20. The molecule has 29 heavy (non-hydrogen) atoms. The van der Waals surface area contributed by atoms with Crippen LogP contribution in [0.25, 0.3) is 0 Å². The Bertz CT molecular complexity index is 1030. The Morgan fingerprint density at radius 2 is 1.83 bits per heavy atom. The van der Waals surface area contributed by atoms with E-state index in [9.17, 15) is 13.2 Å². The van der Waals surface area contributed by atoms with Crippen LogP contribution in [-0.2, 0) is 10.0 Å². The van der Waals surface area contributed by atoms with Gasteiger partial charge in [-0.05, 0) is 26.8 Å². The zero-order valence-electron chi connectivity index (χ0n) is 17.0. The van der Waals surface area contributed by atoms with E-state index in [0.29, 0.717) is 30.1 Å². The lowest BCUT2D eigenvalue weighted by molar-refractivity contribution is 0.0692. The number of fused-ring (bicyclic) bond motifs is 1. The van der Waals surface area contributed by atoms with Gasteiger partial charge in [-0.1, -0.05) is 24.2 Å². The minimum Gasteiger partial charge on any atom is -0.489 e. The summed E-state index contributed by atoms with van der Waals surface area (Å²) in [5.74, 6) is 1.04. The predicted molar refractivity (Wildman–Crippen MR) is 106 cm³/mol. The fourth-order valence-electron chi connectivity index (χ4n) is 4.03. The molecular weight excluding hydrogens is 394 g/mol. The van der Waals surface area contributed by atoms with Gasteiger partial charge in [-0.3, -0.25) is 4.79 Å². The van der Waals surface area contributed by atoms with Crippen LogP contribution in [-0.4, -0.2) is 61.0 Å². The number of rotatable bonds is 3. The van der Waals surface area contributed by atoms with Gasteiger partial charge in [-0.2, -0.15) is 4.31 Å². The zero-order valence-corrected chi connectivity index (χ0v) is 17.8. The number of carbonyl (C=O) groups excluding carboxylic acids is 1. The number of aromatic nitrogens is 1. The summed E-state index contributed by atoms with van der Waals surface area (Å²) in [6, 6.07) is 5.65. The Kier molecular flexibility index (Phi) is 4.90. The second-order valence-corrected chi connectivity index (χ2v) is 9.56. The van der Waals surface area contributed by atoms with Gasteiger partial charge in [0.05, 0.1) is 5.56 Å². The van der Waals surface area contributed by atoms with Gasteiger partial charge in [0.2, 0.25) is 10.0 Å². The lowest BCUT2D eigenvalue weighted by Gasteiger charge is -2.34. The van der Waals surface area contributed by atoms with E-state index in [-0.39, 0.29) is 41.7 Å². The molecule has 2 unspecified atom stereocenters. The third-order valence-corrected chi connectivity index (χ3v) is 8.01. The minimum absolute atomic E-state index is 0.0241. The molecule has 2 atom stereocenters. The smallest absolute Gasteiger partial charge is 0.257 e. The number of sulfonamides is 1. The molecule has 0 radical (unpaired) electrons. The Hall–Kier alpha value is -2.39. The highest BCUT2D eigenvalue weighted by molar-refractivity contribution is 7.89.